The Morgan fingerprint density at radius 2 is 1.67 bits per heavy atom. The highest BCUT2D eigenvalue weighted by Gasteiger charge is 2.35. The Morgan fingerprint density at radius 1 is 1.14 bits per heavy atom. The number of carbonyl (C=O) groups excluding carboxylic acids is 3. The minimum absolute atomic E-state index is 0.109. The zero-order chi connectivity index (χ0) is 15.6. The van der Waals surface area contributed by atoms with Gasteiger partial charge < -0.3 is 5.32 Å². The molecule has 1 N–H and O–H groups in total. The van der Waals surface area contributed by atoms with Crippen molar-refractivity contribution in [3.05, 3.63) is 35.4 Å². The number of nitrogens with zero attached hydrogens (tertiary/aromatic N) is 1. The van der Waals surface area contributed by atoms with Crippen LogP contribution in [0.15, 0.2) is 24.3 Å². The number of rotatable bonds is 5. The summed E-state index contributed by atoms with van der Waals surface area (Å²) in [5.74, 6) is -0.797. The molecule has 1 aromatic rings. The molecule has 0 spiro atoms. The fraction of sp³-hybridized carbons (Fsp3) is 0.438. The summed E-state index contributed by atoms with van der Waals surface area (Å²) in [6, 6.07) is 6.72. The molecule has 21 heavy (non-hydrogen) atoms. The molecule has 1 aliphatic rings. The topological polar surface area (TPSA) is 66.5 Å². The van der Waals surface area contributed by atoms with Crippen LogP contribution < -0.4 is 5.32 Å². The van der Waals surface area contributed by atoms with Crippen LogP contribution in [0.1, 0.15) is 54.3 Å². The molecule has 112 valence electrons. The Bertz CT molecular complexity index is 558. The average molecular weight is 288 g/mol. The summed E-state index contributed by atoms with van der Waals surface area (Å²) in [5.41, 5.74) is 0.549. The molecular weight excluding hydrogens is 268 g/mol. The molecule has 0 bridgehead atoms. The molecule has 1 heterocycles. The predicted octanol–water partition coefficient (Wildman–Crippen LogP) is 1.98. The van der Waals surface area contributed by atoms with Gasteiger partial charge >= 0.3 is 0 Å². The molecule has 0 saturated heterocycles. The van der Waals surface area contributed by atoms with Gasteiger partial charge in [-0.1, -0.05) is 19.1 Å². The summed E-state index contributed by atoms with van der Waals surface area (Å²) in [6.07, 6.45) is 0.931. The van der Waals surface area contributed by atoms with Crippen LogP contribution in [0.4, 0.5) is 0 Å². The van der Waals surface area contributed by atoms with Gasteiger partial charge in [0.25, 0.3) is 11.8 Å². The van der Waals surface area contributed by atoms with E-state index in [-0.39, 0.29) is 36.2 Å². The van der Waals surface area contributed by atoms with Crippen LogP contribution in [0.2, 0.25) is 0 Å². The second kappa shape index (κ2) is 5.68. The van der Waals surface area contributed by atoms with Gasteiger partial charge in [0.2, 0.25) is 5.91 Å². The normalized spacial score (nSPS) is 14.3. The molecular formula is C16H20N2O3. The number of hydrogen-bond donors (Lipinski definition) is 1. The van der Waals surface area contributed by atoms with Gasteiger partial charge in [-0.2, -0.15) is 0 Å². The molecule has 1 aliphatic heterocycles. The van der Waals surface area contributed by atoms with Gasteiger partial charge in [0.05, 0.1) is 11.1 Å². The van der Waals surface area contributed by atoms with E-state index in [1.807, 2.05) is 20.8 Å². The molecule has 3 amide bonds. The van der Waals surface area contributed by atoms with Crippen molar-refractivity contribution >= 4 is 17.7 Å². The van der Waals surface area contributed by atoms with Crippen LogP contribution in [0.3, 0.4) is 0 Å². The summed E-state index contributed by atoms with van der Waals surface area (Å²) in [4.78, 5) is 37.3. The average Bonchev–Trinajstić information content (AvgIpc) is 2.69. The lowest BCUT2D eigenvalue weighted by molar-refractivity contribution is -0.122. The monoisotopic (exact) mass is 288 g/mol. The van der Waals surface area contributed by atoms with Gasteiger partial charge in [0, 0.05) is 18.5 Å². The number of fused-ring (bicyclic) bond motifs is 1. The first kappa shape index (κ1) is 15.2. The number of amides is 3. The first-order valence-corrected chi connectivity index (χ1v) is 7.12. The van der Waals surface area contributed by atoms with Crippen molar-refractivity contribution < 1.29 is 14.4 Å². The van der Waals surface area contributed by atoms with E-state index in [4.69, 9.17) is 0 Å². The maximum absolute atomic E-state index is 12.1. The van der Waals surface area contributed by atoms with Crippen LogP contribution in [0, 0.1) is 0 Å². The summed E-state index contributed by atoms with van der Waals surface area (Å²) < 4.78 is 0. The van der Waals surface area contributed by atoms with Crippen LogP contribution in [-0.2, 0) is 4.79 Å². The number of imide groups is 1. The van der Waals surface area contributed by atoms with Gasteiger partial charge in [0.1, 0.15) is 0 Å². The van der Waals surface area contributed by atoms with E-state index < -0.39 is 0 Å². The van der Waals surface area contributed by atoms with Crippen LogP contribution in [-0.4, -0.2) is 34.7 Å². The Kier molecular flexibility index (Phi) is 4.11. The zero-order valence-corrected chi connectivity index (χ0v) is 12.6. The Labute approximate surface area is 124 Å². The fourth-order valence-electron chi connectivity index (χ4n) is 2.18. The van der Waals surface area contributed by atoms with Crippen LogP contribution >= 0.6 is 0 Å². The SMILES string of the molecule is CCC(C)(C)NC(=O)CCN1C(=O)c2ccccc2C1=O. The highest BCUT2D eigenvalue weighted by molar-refractivity contribution is 6.21. The van der Waals surface area contributed by atoms with E-state index >= 15 is 0 Å². The lowest BCUT2D eigenvalue weighted by atomic mass is 10.0. The molecule has 0 radical (unpaired) electrons. The van der Waals surface area contributed by atoms with Crippen molar-refractivity contribution in [2.24, 2.45) is 0 Å². The highest BCUT2D eigenvalue weighted by atomic mass is 16.2. The van der Waals surface area contributed by atoms with Gasteiger partial charge in [-0.25, -0.2) is 0 Å². The Morgan fingerprint density at radius 3 is 2.14 bits per heavy atom. The van der Waals surface area contributed by atoms with Crippen molar-refractivity contribution in [2.45, 2.75) is 39.2 Å². The molecule has 0 atom stereocenters. The molecule has 1 aromatic carbocycles. The molecule has 2 rings (SSSR count). The quantitative estimate of drug-likeness (QED) is 0.842. The number of hydrogen-bond acceptors (Lipinski definition) is 3. The first-order chi connectivity index (χ1) is 9.85. The molecule has 5 heteroatoms. The third-order valence-electron chi connectivity index (χ3n) is 3.80. The summed E-state index contributed by atoms with van der Waals surface area (Å²) in [7, 11) is 0. The minimum Gasteiger partial charge on any atom is -0.351 e. The molecule has 0 saturated carbocycles. The zero-order valence-electron chi connectivity index (χ0n) is 12.6. The van der Waals surface area contributed by atoms with E-state index in [1.165, 1.54) is 0 Å². The summed E-state index contributed by atoms with van der Waals surface area (Å²) in [5, 5.41) is 2.89. The largest absolute Gasteiger partial charge is 0.351 e. The second-order valence-corrected chi connectivity index (χ2v) is 5.84. The van der Waals surface area contributed by atoms with Crippen molar-refractivity contribution in [2.75, 3.05) is 6.54 Å². The lowest BCUT2D eigenvalue weighted by Gasteiger charge is -2.25. The van der Waals surface area contributed by atoms with Crippen molar-refractivity contribution in [1.82, 2.24) is 10.2 Å². The Hall–Kier alpha value is -2.17. The number of carbonyl (C=O) groups is 3. The first-order valence-electron chi connectivity index (χ1n) is 7.12. The van der Waals surface area contributed by atoms with Crippen molar-refractivity contribution in [3.63, 3.8) is 0 Å². The molecule has 0 unspecified atom stereocenters. The van der Waals surface area contributed by atoms with Gasteiger partial charge in [-0.15, -0.1) is 0 Å². The highest BCUT2D eigenvalue weighted by Crippen LogP contribution is 2.22. The fourth-order valence-corrected chi connectivity index (χ4v) is 2.18. The van der Waals surface area contributed by atoms with Gasteiger partial charge in [-0.3, -0.25) is 19.3 Å². The van der Waals surface area contributed by atoms with E-state index in [1.54, 1.807) is 24.3 Å². The number of benzene rings is 1. The second-order valence-electron chi connectivity index (χ2n) is 5.84. The number of nitrogens with one attached hydrogen (secondary N) is 1. The maximum Gasteiger partial charge on any atom is 0.261 e. The third-order valence-corrected chi connectivity index (χ3v) is 3.80. The standard InChI is InChI=1S/C16H20N2O3/c1-4-16(2,3)17-13(19)9-10-18-14(20)11-7-5-6-8-12(11)15(18)21/h5-8H,4,9-10H2,1-3H3,(H,17,19). The van der Waals surface area contributed by atoms with Crippen molar-refractivity contribution in [1.29, 1.82) is 0 Å². The maximum atomic E-state index is 12.1. The lowest BCUT2D eigenvalue weighted by Crippen LogP contribution is -2.44. The van der Waals surface area contributed by atoms with Gasteiger partial charge in [0.15, 0.2) is 0 Å². The van der Waals surface area contributed by atoms with E-state index in [0.717, 1.165) is 11.3 Å². The van der Waals surface area contributed by atoms with Crippen LogP contribution in [0.25, 0.3) is 0 Å². The van der Waals surface area contributed by atoms with Crippen LogP contribution in [0.5, 0.6) is 0 Å². The molecule has 0 fully saturated rings. The molecule has 0 aromatic heterocycles. The third kappa shape index (κ3) is 3.12. The Balaban J connectivity index is 1.98. The van der Waals surface area contributed by atoms with E-state index in [2.05, 4.69) is 5.32 Å². The minimum atomic E-state index is -0.321. The summed E-state index contributed by atoms with van der Waals surface area (Å²) >= 11 is 0. The molecule has 0 aliphatic carbocycles. The van der Waals surface area contributed by atoms with E-state index in [0.29, 0.717) is 11.1 Å². The van der Waals surface area contributed by atoms with Crippen molar-refractivity contribution in [3.8, 4) is 0 Å². The summed E-state index contributed by atoms with van der Waals surface area (Å²) in [6.45, 7) is 5.97. The molecule has 5 nitrogen and oxygen atoms in total. The van der Waals surface area contributed by atoms with Gasteiger partial charge in [-0.05, 0) is 32.4 Å². The van der Waals surface area contributed by atoms with E-state index in [9.17, 15) is 14.4 Å². The smallest absolute Gasteiger partial charge is 0.261 e. The predicted molar refractivity (Wildman–Crippen MR) is 78.9 cm³/mol.